The Labute approximate surface area is 240 Å². The van der Waals surface area contributed by atoms with Crippen molar-refractivity contribution >= 4 is 11.5 Å². The van der Waals surface area contributed by atoms with Gasteiger partial charge >= 0.3 is 12.2 Å². The van der Waals surface area contributed by atoms with Gasteiger partial charge in [-0.2, -0.15) is 23.1 Å². The molecule has 5 atom stereocenters. The van der Waals surface area contributed by atoms with Gasteiger partial charge in [-0.3, -0.25) is 4.90 Å². The zero-order valence-electron chi connectivity index (χ0n) is 23.4. The van der Waals surface area contributed by atoms with Gasteiger partial charge in [-0.05, 0) is 50.8 Å². The molecule has 228 valence electrons. The number of fused-ring (bicyclic) bond motifs is 4. The van der Waals surface area contributed by atoms with Crippen molar-refractivity contribution in [3.05, 3.63) is 39.8 Å². The number of hydrogen-bond acceptors (Lipinski definition) is 8. The lowest BCUT2D eigenvalue weighted by Gasteiger charge is -2.36. The number of rotatable bonds is 5. The van der Waals surface area contributed by atoms with Gasteiger partial charge in [-0.1, -0.05) is 0 Å². The summed E-state index contributed by atoms with van der Waals surface area (Å²) in [6, 6.07) is 1.07. The van der Waals surface area contributed by atoms with E-state index in [-0.39, 0.29) is 49.1 Å². The average molecular weight is 596 g/mol. The number of nitrogen functional groups attached to an aromatic ring is 1. The van der Waals surface area contributed by atoms with Crippen molar-refractivity contribution in [2.75, 3.05) is 43.4 Å². The lowest BCUT2D eigenvalue weighted by Crippen LogP contribution is -2.44. The highest BCUT2D eigenvalue weighted by Crippen LogP contribution is 2.45. The summed E-state index contributed by atoms with van der Waals surface area (Å²) in [7, 11) is 0. The van der Waals surface area contributed by atoms with Crippen molar-refractivity contribution in [1.29, 1.82) is 0 Å². The average Bonchev–Trinajstić information content (AvgIpc) is 3.58. The molecule has 2 aromatic rings. The van der Waals surface area contributed by atoms with E-state index in [1.807, 2.05) is 0 Å². The summed E-state index contributed by atoms with van der Waals surface area (Å²) < 4.78 is 90.2. The minimum Gasteiger partial charge on any atom is -0.461 e. The van der Waals surface area contributed by atoms with Gasteiger partial charge in [0.1, 0.15) is 18.6 Å². The molecular formula is C29H34F5N5O3. The zero-order valence-corrected chi connectivity index (χ0v) is 23.4. The van der Waals surface area contributed by atoms with E-state index in [0.717, 1.165) is 38.3 Å². The Kier molecular flexibility index (Phi) is 6.78. The maximum Gasteiger partial charge on any atom is 0.417 e. The van der Waals surface area contributed by atoms with E-state index in [0.29, 0.717) is 43.1 Å². The summed E-state index contributed by atoms with van der Waals surface area (Å²) in [4.78, 5) is 13.6. The van der Waals surface area contributed by atoms with Gasteiger partial charge in [0.15, 0.2) is 5.82 Å². The second-order valence-corrected chi connectivity index (χ2v) is 12.4. The number of nitrogens with two attached hydrogens (primary N) is 1. The van der Waals surface area contributed by atoms with E-state index in [1.165, 1.54) is 6.92 Å². The molecule has 7 rings (SSSR count). The fourth-order valence-corrected chi connectivity index (χ4v) is 7.70. The van der Waals surface area contributed by atoms with Crippen molar-refractivity contribution in [3.8, 4) is 6.01 Å². The van der Waals surface area contributed by atoms with Crippen molar-refractivity contribution in [1.82, 2.24) is 14.9 Å². The smallest absolute Gasteiger partial charge is 0.417 e. The normalized spacial score (nSPS) is 31.0. The third kappa shape index (κ3) is 4.77. The first-order valence-corrected chi connectivity index (χ1v) is 14.6. The molecule has 5 aliphatic heterocycles. The molecule has 5 aliphatic rings. The molecule has 8 nitrogen and oxygen atoms in total. The van der Waals surface area contributed by atoms with Gasteiger partial charge in [0.05, 0.1) is 47.4 Å². The molecule has 6 heterocycles. The predicted molar refractivity (Wildman–Crippen MR) is 142 cm³/mol. The molecule has 1 aromatic carbocycles. The molecule has 4 saturated heterocycles. The van der Waals surface area contributed by atoms with Gasteiger partial charge in [-0.25, -0.2) is 8.78 Å². The van der Waals surface area contributed by atoms with Crippen LogP contribution in [0.5, 0.6) is 6.01 Å². The molecule has 0 aliphatic carbocycles. The summed E-state index contributed by atoms with van der Waals surface area (Å²) in [6.07, 6.45) is -2.99. The van der Waals surface area contributed by atoms with E-state index >= 15 is 4.39 Å². The van der Waals surface area contributed by atoms with Crippen LogP contribution in [0.4, 0.5) is 33.5 Å². The van der Waals surface area contributed by atoms with E-state index in [9.17, 15) is 17.6 Å². The highest BCUT2D eigenvalue weighted by molar-refractivity contribution is 5.55. The molecular weight excluding hydrogens is 561 g/mol. The molecule has 0 spiro atoms. The first-order chi connectivity index (χ1) is 20.0. The Bertz CT molecular complexity index is 1380. The lowest BCUT2D eigenvalue weighted by atomic mass is 9.91. The third-order valence-corrected chi connectivity index (χ3v) is 9.56. The van der Waals surface area contributed by atoms with E-state index in [1.54, 1.807) is 0 Å². The SMILES string of the molecule is Cc1cc(N)c(F)c([C@H]2Cc3nc(OC[C@@]45CCCN4C[C@H](F)C5)nc(N4CC5CCC(C4)O5)c3CO2)c1C(F)(F)F. The summed E-state index contributed by atoms with van der Waals surface area (Å²) in [5, 5.41) is 0. The standard InChI is InChI=1S/C29H34F5N5O3/c1-15-7-20(35)25(31)23(24(15)29(32,33)34)22-8-21-19(13-40-22)26(38-11-17-3-4-18(12-38)42-17)37-27(36-21)41-14-28-5-2-6-39(28)10-16(30)9-28/h7,16-18,22H,2-6,8-14,35H2,1H3/t16-,17?,18?,22-,28+/m1/s1. The summed E-state index contributed by atoms with van der Waals surface area (Å²) in [5.74, 6) is -0.552. The van der Waals surface area contributed by atoms with Crippen LogP contribution in [0, 0.1) is 12.7 Å². The van der Waals surface area contributed by atoms with E-state index in [2.05, 4.69) is 14.8 Å². The van der Waals surface area contributed by atoms with Crippen LogP contribution in [0.25, 0.3) is 0 Å². The molecule has 2 bridgehead atoms. The van der Waals surface area contributed by atoms with Crippen LogP contribution in [0.1, 0.15) is 66.2 Å². The maximum absolute atomic E-state index is 15.3. The van der Waals surface area contributed by atoms with Crippen molar-refractivity contribution in [3.63, 3.8) is 0 Å². The molecule has 0 saturated carbocycles. The molecule has 42 heavy (non-hydrogen) atoms. The maximum atomic E-state index is 15.3. The Hall–Kier alpha value is -2.77. The fraction of sp³-hybridized carbons (Fsp3) is 0.655. The minimum absolute atomic E-state index is 0.0561. The number of anilines is 2. The quantitative estimate of drug-likeness (QED) is 0.395. The number of halogens is 5. The number of morpholine rings is 1. The fourth-order valence-electron chi connectivity index (χ4n) is 7.70. The first kappa shape index (κ1) is 28.0. The molecule has 2 N–H and O–H groups in total. The van der Waals surface area contributed by atoms with Gasteiger partial charge in [0.2, 0.25) is 0 Å². The second-order valence-electron chi connectivity index (χ2n) is 12.4. The highest BCUT2D eigenvalue weighted by atomic mass is 19.4. The molecule has 0 amide bonds. The van der Waals surface area contributed by atoms with E-state index in [4.69, 9.17) is 24.9 Å². The molecule has 4 fully saturated rings. The summed E-state index contributed by atoms with van der Waals surface area (Å²) >= 11 is 0. The van der Waals surface area contributed by atoms with E-state index < -0.39 is 40.9 Å². The Balaban J connectivity index is 1.25. The number of alkyl halides is 4. The number of nitrogens with zero attached hydrogens (tertiary/aromatic N) is 4. The van der Waals surface area contributed by atoms with Crippen molar-refractivity contribution in [2.24, 2.45) is 0 Å². The van der Waals surface area contributed by atoms with Crippen LogP contribution in [-0.2, 0) is 28.7 Å². The van der Waals surface area contributed by atoms with Crippen LogP contribution in [-0.4, -0.2) is 71.6 Å². The van der Waals surface area contributed by atoms with Gasteiger partial charge in [0.25, 0.3) is 0 Å². The van der Waals surface area contributed by atoms with Gasteiger partial charge < -0.3 is 24.8 Å². The van der Waals surface area contributed by atoms with Crippen LogP contribution < -0.4 is 15.4 Å². The van der Waals surface area contributed by atoms with Crippen molar-refractivity contribution < 1.29 is 36.2 Å². The molecule has 2 unspecified atom stereocenters. The van der Waals surface area contributed by atoms with Gasteiger partial charge in [-0.15, -0.1) is 0 Å². The van der Waals surface area contributed by atoms with Crippen molar-refractivity contribution in [2.45, 2.75) is 88.3 Å². The highest BCUT2D eigenvalue weighted by Gasteiger charge is 2.49. The van der Waals surface area contributed by atoms with Crippen LogP contribution >= 0.6 is 0 Å². The first-order valence-electron chi connectivity index (χ1n) is 14.6. The number of hydrogen-bond donors (Lipinski definition) is 1. The lowest BCUT2D eigenvalue weighted by molar-refractivity contribution is -0.140. The Morgan fingerprint density at radius 1 is 1.17 bits per heavy atom. The molecule has 1 aromatic heterocycles. The summed E-state index contributed by atoms with van der Waals surface area (Å²) in [5.41, 5.74) is 4.18. The molecule has 13 heteroatoms. The predicted octanol–water partition coefficient (Wildman–Crippen LogP) is 4.66. The largest absolute Gasteiger partial charge is 0.461 e. The Morgan fingerprint density at radius 2 is 1.93 bits per heavy atom. The summed E-state index contributed by atoms with van der Waals surface area (Å²) in [6.45, 7) is 3.75. The third-order valence-electron chi connectivity index (χ3n) is 9.56. The zero-order chi connectivity index (χ0) is 29.4. The number of aryl methyl sites for hydroxylation is 1. The van der Waals surface area contributed by atoms with Crippen LogP contribution in [0.2, 0.25) is 0 Å². The monoisotopic (exact) mass is 595 g/mol. The number of benzene rings is 1. The Morgan fingerprint density at radius 3 is 2.67 bits per heavy atom. The number of ether oxygens (including phenoxy) is 3. The second kappa shape index (κ2) is 10.2. The van der Waals surface area contributed by atoms with Crippen LogP contribution in [0.3, 0.4) is 0 Å². The minimum atomic E-state index is -4.81. The topological polar surface area (TPSA) is 86.0 Å². The molecule has 0 radical (unpaired) electrons. The van der Waals surface area contributed by atoms with Crippen LogP contribution in [0.15, 0.2) is 6.07 Å². The van der Waals surface area contributed by atoms with Gasteiger partial charge in [0, 0.05) is 43.6 Å². The number of aromatic nitrogens is 2.